The van der Waals surface area contributed by atoms with Gasteiger partial charge in [0.1, 0.15) is 6.07 Å². The van der Waals surface area contributed by atoms with Crippen LogP contribution in [0.1, 0.15) is 5.56 Å². The summed E-state index contributed by atoms with van der Waals surface area (Å²) < 4.78 is 28.4. The molecule has 0 aliphatic rings. The fraction of sp³-hybridized carbons (Fsp3) is 0.0909. The third-order valence-electron chi connectivity index (χ3n) is 2.18. The summed E-state index contributed by atoms with van der Waals surface area (Å²) in [6.07, 6.45) is 1.67. The van der Waals surface area contributed by atoms with E-state index in [1.165, 1.54) is 16.8 Å². The number of halogens is 2. The molecule has 0 spiro atoms. The molecule has 1 aromatic carbocycles. The van der Waals surface area contributed by atoms with Gasteiger partial charge < -0.3 is 5.32 Å². The van der Waals surface area contributed by atoms with E-state index in [0.29, 0.717) is 5.82 Å². The van der Waals surface area contributed by atoms with Crippen molar-refractivity contribution in [1.29, 1.82) is 5.26 Å². The first kappa shape index (κ1) is 11.1. The highest BCUT2D eigenvalue weighted by atomic mass is 19.2. The van der Waals surface area contributed by atoms with Gasteiger partial charge in [0.05, 0.1) is 11.3 Å². The average Bonchev–Trinajstić information content (AvgIpc) is 2.71. The second-order valence-corrected chi connectivity index (χ2v) is 3.40. The molecule has 4 nitrogen and oxygen atoms in total. The number of nitrogens with one attached hydrogen (secondary N) is 1. The van der Waals surface area contributed by atoms with Crippen LogP contribution in [0.4, 0.5) is 20.3 Å². The molecule has 0 aliphatic carbocycles. The van der Waals surface area contributed by atoms with Crippen LogP contribution < -0.4 is 5.32 Å². The van der Waals surface area contributed by atoms with Crippen molar-refractivity contribution in [2.75, 3.05) is 5.32 Å². The average molecular weight is 234 g/mol. The van der Waals surface area contributed by atoms with Crippen LogP contribution >= 0.6 is 0 Å². The minimum absolute atomic E-state index is 0.0554. The molecule has 0 atom stereocenters. The van der Waals surface area contributed by atoms with Gasteiger partial charge in [0.25, 0.3) is 0 Å². The second-order valence-electron chi connectivity index (χ2n) is 3.40. The van der Waals surface area contributed by atoms with Crippen LogP contribution in [0, 0.1) is 23.0 Å². The molecule has 86 valence electrons. The van der Waals surface area contributed by atoms with Gasteiger partial charge in [0, 0.05) is 19.3 Å². The lowest BCUT2D eigenvalue weighted by Crippen LogP contribution is -1.99. The topological polar surface area (TPSA) is 53.6 Å². The van der Waals surface area contributed by atoms with Crippen molar-refractivity contribution in [2.45, 2.75) is 0 Å². The Morgan fingerprint density at radius 3 is 2.65 bits per heavy atom. The normalized spacial score (nSPS) is 10.0. The Labute approximate surface area is 96.1 Å². The van der Waals surface area contributed by atoms with Crippen LogP contribution in [0.3, 0.4) is 0 Å². The van der Waals surface area contributed by atoms with E-state index in [0.717, 1.165) is 0 Å². The first-order valence-corrected chi connectivity index (χ1v) is 4.76. The summed E-state index contributed by atoms with van der Waals surface area (Å²) in [5, 5.41) is 15.1. The quantitative estimate of drug-likeness (QED) is 0.867. The molecular weight excluding hydrogens is 226 g/mol. The highest BCUT2D eigenvalue weighted by molar-refractivity contribution is 5.58. The molecule has 2 rings (SSSR count). The van der Waals surface area contributed by atoms with Crippen LogP contribution in [0.15, 0.2) is 24.4 Å². The van der Waals surface area contributed by atoms with Crippen molar-refractivity contribution < 1.29 is 8.78 Å². The summed E-state index contributed by atoms with van der Waals surface area (Å²) >= 11 is 0. The van der Waals surface area contributed by atoms with Gasteiger partial charge in [-0.15, -0.1) is 0 Å². The Balaban J connectivity index is 2.35. The van der Waals surface area contributed by atoms with E-state index < -0.39 is 11.6 Å². The van der Waals surface area contributed by atoms with Crippen molar-refractivity contribution in [3.05, 3.63) is 41.6 Å². The molecule has 0 unspecified atom stereocenters. The van der Waals surface area contributed by atoms with Gasteiger partial charge in [-0.1, -0.05) is 0 Å². The number of aromatic nitrogens is 2. The lowest BCUT2D eigenvalue weighted by Gasteiger charge is -2.05. The van der Waals surface area contributed by atoms with Crippen LogP contribution in [-0.4, -0.2) is 9.78 Å². The first-order valence-electron chi connectivity index (χ1n) is 4.76. The van der Waals surface area contributed by atoms with Gasteiger partial charge >= 0.3 is 0 Å². The van der Waals surface area contributed by atoms with E-state index in [1.807, 2.05) is 0 Å². The smallest absolute Gasteiger partial charge is 0.183 e. The van der Waals surface area contributed by atoms with Crippen molar-refractivity contribution in [3.63, 3.8) is 0 Å². The van der Waals surface area contributed by atoms with Crippen LogP contribution in [0.5, 0.6) is 0 Å². The molecule has 0 bridgehead atoms. The minimum Gasteiger partial charge on any atom is -0.336 e. The Morgan fingerprint density at radius 1 is 1.29 bits per heavy atom. The predicted molar refractivity (Wildman–Crippen MR) is 57.6 cm³/mol. The largest absolute Gasteiger partial charge is 0.336 e. The zero-order valence-corrected chi connectivity index (χ0v) is 8.91. The van der Waals surface area contributed by atoms with E-state index in [2.05, 4.69) is 10.4 Å². The number of aryl methyl sites for hydroxylation is 1. The number of anilines is 2. The maximum absolute atomic E-state index is 13.5. The van der Waals surface area contributed by atoms with E-state index in [1.54, 1.807) is 25.4 Å². The fourth-order valence-corrected chi connectivity index (χ4v) is 1.35. The van der Waals surface area contributed by atoms with Crippen LogP contribution in [-0.2, 0) is 7.05 Å². The first-order chi connectivity index (χ1) is 8.11. The molecule has 0 radical (unpaired) electrons. The van der Waals surface area contributed by atoms with Gasteiger partial charge in [0.15, 0.2) is 17.5 Å². The van der Waals surface area contributed by atoms with Gasteiger partial charge in [-0.3, -0.25) is 4.68 Å². The summed E-state index contributed by atoms with van der Waals surface area (Å²) in [5.74, 6) is -1.85. The Bertz CT molecular complexity index is 598. The number of nitriles is 1. The monoisotopic (exact) mass is 234 g/mol. The molecule has 1 heterocycles. The van der Waals surface area contributed by atoms with E-state index in [-0.39, 0.29) is 11.3 Å². The maximum atomic E-state index is 13.5. The van der Waals surface area contributed by atoms with Crippen molar-refractivity contribution in [2.24, 2.45) is 7.05 Å². The zero-order chi connectivity index (χ0) is 12.4. The molecule has 0 aliphatic heterocycles. The number of hydrogen-bond donors (Lipinski definition) is 1. The van der Waals surface area contributed by atoms with Crippen molar-refractivity contribution in [3.8, 4) is 6.07 Å². The summed E-state index contributed by atoms with van der Waals surface area (Å²) in [5.41, 5.74) is -0.380. The van der Waals surface area contributed by atoms with Gasteiger partial charge in [0.2, 0.25) is 0 Å². The maximum Gasteiger partial charge on any atom is 0.183 e. The molecule has 1 aromatic heterocycles. The zero-order valence-electron chi connectivity index (χ0n) is 8.91. The second kappa shape index (κ2) is 4.22. The molecule has 0 amide bonds. The number of hydrogen-bond acceptors (Lipinski definition) is 3. The lowest BCUT2D eigenvalue weighted by atomic mass is 10.2. The summed E-state index contributed by atoms with van der Waals surface area (Å²) in [4.78, 5) is 0. The number of nitrogens with zero attached hydrogens (tertiary/aromatic N) is 3. The highest BCUT2D eigenvalue weighted by Gasteiger charge is 2.13. The summed E-state index contributed by atoms with van der Waals surface area (Å²) in [6.45, 7) is 0. The van der Waals surface area contributed by atoms with Gasteiger partial charge in [-0.2, -0.15) is 10.4 Å². The molecule has 2 aromatic rings. The number of benzene rings is 1. The van der Waals surface area contributed by atoms with Crippen molar-refractivity contribution in [1.82, 2.24) is 9.78 Å². The standard InChI is InChI=1S/C11H8F2N4/c1-17-5-4-9(16-17)15-8-3-2-7(6-14)10(12)11(8)13/h2-5H,1H3,(H,15,16). The van der Waals surface area contributed by atoms with Crippen LogP contribution in [0.2, 0.25) is 0 Å². The molecular formula is C11H8F2N4. The third-order valence-corrected chi connectivity index (χ3v) is 2.18. The van der Waals surface area contributed by atoms with E-state index >= 15 is 0 Å². The summed E-state index contributed by atoms with van der Waals surface area (Å²) in [7, 11) is 1.71. The third kappa shape index (κ3) is 2.08. The number of rotatable bonds is 2. The molecule has 17 heavy (non-hydrogen) atoms. The molecule has 0 fully saturated rings. The Hall–Kier alpha value is -2.42. The predicted octanol–water partition coefficient (Wildman–Crippen LogP) is 2.31. The molecule has 0 saturated carbocycles. The minimum atomic E-state index is -1.16. The molecule has 1 N–H and O–H groups in total. The Kier molecular flexibility index (Phi) is 2.75. The molecule has 0 saturated heterocycles. The Morgan fingerprint density at radius 2 is 2.06 bits per heavy atom. The lowest BCUT2D eigenvalue weighted by molar-refractivity contribution is 0.509. The highest BCUT2D eigenvalue weighted by Crippen LogP contribution is 2.22. The van der Waals surface area contributed by atoms with Crippen LogP contribution in [0.25, 0.3) is 0 Å². The SMILES string of the molecule is Cn1ccc(Nc2ccc(C#N)c(F)c2F)n1. The summed E-state index contributed by atoms with van der Waals surface area (Å²) in [6, 6.07) is 5.70. The van der Waals surface area contributed by atoms with Crippen molar-refractivity contribution >= 4 is 11.5 Å². The molecule has 6 heteroatoms. The van der Waals surface area contributed by atoms with E-state index in [4.69, 9.17) is 5.26 Å². The van der Waals surface area contributed by atoms with Gasteiger partial charge in [-0.25, -0.2) is 8.78 Å². The van der Waals surface area contributed by atoms with E-state index in [9.17, 15) is 8.78 Å². The van der Waals surface area contributed by atoms with Gasteiger partial charge in [-0.05, 0) is 12.1 Å². The fourth-order valence-electron chi connectivity index (χ4n) is 1.35.